The van der Waals surface area contributed by atoms with Crippen molar-refractivity contribution in [2.24, 2.45) is 0 Å². The molecule has 6 heteroatoms. The fourth-order valence-corrected chi connectivity index (χ4v) is 2.39. The van der Waals surface area contributed by atoms with Crippen LogP contribution in [0.3, 0.4) is 0 Å². The van der Waals surface area contributed by atoms with E-state index in [9.17, 15) is 9.59 Å². The minimum Gasteiger partial charge on any atom is -0.406 e. The Labute approximate surface area is 109 Å². The topological polar surface area (TPSA) is 78.3 Å². The van der Waals surface area contributed by atoms with Crippen molar-refractivity contribution in [3.05, 3.63) is 28.2 Å². The van der Waals surface area contributed by atoms with Gasteiger partial charge in [0.1, 0.15) is 0 Å². The smallest absolute Gasteiger partial charge is 0.406 e. The number of carbonyl (C=O) groups is 1. The lowest BCUT2D eigenvalue weighted by molar-refractivity contribution is 0.101. The van der Waals surface area contributed by atoms with E-state index in [2.05, 4.69) is 15.2 Å². The highest BCUT2D eigenvalue weighted by molar-refractivity contribution is 6.00. The monoisotopic (exact) mass is 261 g/mol. The van der Waals surface area contributed by atoms with Crippen LogP contribution in [0.25, 0.3) is 11.1 Å². The predicted molar refractivity (Wildman–Crippen MR) is 71.9 cm³/mol. The average Bonchev–Trinajstić information content (AvgIpc) is 2.78. The zero-order chi connectivity index (χ0) is 13.4. The molecule has 0 atom stereocenters. The van der Waals surface area contributed by atoms with Crippen molar-refractivity contribution in [3.63, 3.8) is 0 Å². The largest absolute Gasteiger partial charge is 0.417 e. The Bertz CT molecular complexity index is 680. The molecule has 0 amide bonds. The number of aromatic nitrogens is 1. The molecule has 0 bridgehead atoms. The van der Waals surface area contributed by atoms with Gasteiger partial charge in [-0.3, -0.25) is 9.78 Å². The minimum absolute atomic E-state index is 0.0275. The Morgan fingerprint density at radius 2 is 2.05 bits per heavy atom. The summed E-state index contributed by atoms with van der Waals surface area (Å²) in [5.41, 5.74) is 2.49. The van der Waals surface area contributed by atoms with Gasteiger partial charge >= 0.3 is 5.76 Å². The Hall–Kier alpha value is -2.08. The normalized spacial score (nSPS) is 15.9. The van der Waals surface area contributed by atoms with E-state index < -0.39 is 5.76 Å². The number of hydrogen-bond acceptors (Lipinski definition) is 5. The Balaban J connectivity index is 2.19. The van der Waals surface area contributed by atoms with Gasteiger partial charge in [0, 0.05) is 31.7 Å². The highest BCUT2D eigenvalue weighted by Crippen LogP contribution is 2.27. The lowest BCUT2D eigenvalue weighted by Gasteiger charge is -2.29. The summed E-state index contributed by atoms with van der Waals surface area (Å²) < 4.78 is 5.20. The van der Waals surface area contributed by atoms with E-state index >= 15 is 0 Å². The van der Waals surface area contributed by atoms with Crippen LogP contribution in [0.2, 0.25) is 0 Å². The number of aromatic amines is 1. The number of benzene rings is 1. The maximum absolute atomic E-state index is 11.6. The fraction of sp³-hybridized carbons (Fsp3) is 0.385. The molecule has 19 heavy (non-hydrogen) atoms. The molecule has 0 unspecified atom stereocenters. The number of anilines is 1. The first kappa shape index (κ1) is 12.0. The highest BCUT2D eigenvalue weighted by Gasteiger charge is 2.18. The Kier molecular flexibility index (Phi) is 2.87. The summed E-state index contributed by atoms with van der Waals surface area (Å²) in [5.74, 6) is -0.521. The van der Waals surface area contributed by atoms with Gasteiger partial charge in [-0.15, -0.1) is 0 Å². The molecule has 6 nitrogen and oxygen atoms in total. The summed E-state index contributed by atoms with van der Waals surface area (Å²) in [5, 5.41) is 3.27. The summed E-state index contributed by atoms with van der Waals surface area (Å²) in [6.07, 6.45) is 0. The van der Waals surface area contributed by atoms with Crippen molar-refractivity contribution in [1.29, 1.82) is 0 Å². The van der Waals surface area contributed by atoms with Crippen LogP contribution in [0.5, 0.6) is 0 Å². The van der Waals surface area contributed by atoms with E-state index in [1.54, 1.807) is 12.1 Å². The molecule has 1 aliphatic heterocycles. The molecule has 0 saturated carbocycles. The molecule has 2 aromatic rings. The van der Waals surface area contributed by atoms with E-state index in [1.165, 1.54) is 6.92 Å². The van der Waals surface area contributed by atoms with Gasteiger partial charge in [-0.25, -0.2) is 4.79 Å². The third-order valence-corrected chi connectivity index (χ3v) is 3.37. The van der Waals surface area contributed by atoms with Gasteiger partial charge in [-0.05, 0) is 19.1 Å². The number of nitrogens with one attached hydrogen (secondary N) is 2. The Morgan fingerprint density at radius 3 is 2.74 bits per heavy atom. The summed E-state index contributed by atoms with van der Waals surface area (Å²) in [6, 6.07) is 3.46. The molecule has 3 rings (SSSR count). The van der Waals surface area contributed by atoms with Gasteiger partial charge in [0.25, 0.3) is 0 Å². The summed E-state index contributed by atoms with van der Waals surface area (Å²) in [7, 11) is 0. The zero-order valence-corrected chi connectivity index (χ0v) is 10.7. The second-order valence-corrected chi connectivity index (χ2v) is 4.68. The number of Topliss-reactive ketones (excluding diaryl/α,β-unsaturated/α-hetero) is 1. The molecule has 1 aromatic heterocycles. The molecule has 0 radical (unpaired) electrons. The first-order chi connectivity index (χ1) is 9.15. The van der Waals surface area contributed by atoms with Crippen molar-refractivity contribution in [3.8, 4) is 0 Å². The number of rotatable bonds is 2. The molecule has 0 aliphatic carbocycles. The van der Waals surface area contributed by atoms with Gasteiger partial charge in [-0.1, -0.05) is 0 Å². The fourth-order valence-electron chi connectivity index (χ4n) is 2.39. The molecule has 1 aromatic carbocycles. The van der Waals surface area contributed by atoms with Crippen LogP contribution >= 0.6 is 0 Å². The first-order valence-electron chi connectivity index (χ1n) is 6.28. The van der Waals surface area contributed by atoms with E-state index in [4.69, 9.17) is 4.42 Å². The van der Waals surface area contributed by atoms with Crippen molar-refractivity contribution in [1.82, 2.24) is 10.3 Å². The maximum Gasteiger partial charge on any atom is 0.417 e. The SMILES string of the molecule is CC(=O)c1cc(N2CCNCC2)c2oc(=O)[nH]c2c1. The zero-order valence-electron chi connectivity index (χ0n) is 10.7. The maximum atomic E-state index is 11.6. The third-order valence-electron chi connectivity index (χ3n) is 3.37. The van der Waals surface area contributed by atoms with Gasteiger partial charge in [0.2, 0.25) is 0 Å². The standard InChI is InChI=1S/C13H15N3O3/c1-8(17)9-6-10-12(19-13(18)15-10)11(7-9)16-4-2-14-3-5-16/h6-7,14H,2-5H2,1H3,(H,15,18). The van der Waals surface area contributed by atoms with E-state index in [1.807, 2.05) is 0 Å². The molecule has 100 valence electrons. The number of carbonyl (C=O) groups excluding carboxylic acids is 1. The quantitative estimate of drug-likeness (QED) is 0.779. The lowest BCUT2D eigenvalue weighted by atomic mass is 10.1. The number of oxazole rings is 1. The highest BCUT2D eigenvalue weighted by atomic mass is 16.4. The molecular formula is C13H15N3O3. The molecule has 1 saturated heterocycles. The van der Waals surface area contributed by atoms with Crippen LogP contribution < -0.4 is 16.0 Å². The molecule has 1 aliphatic rings. The summed E-state index contributed by atoms with van der Waals surface area (Å²) >= 11 is 0. The van der Waals surface area contributed by atoms with Crippen LogP contribution in [-0.4, -0.2) is 36.9 Å². The van der Waals surface area contributed by atoms with Crippen molar-refractivity contribution < 1.29 is 9.21 Å². The molecule has 2 heterocycles. The van der Waals surface area contributed by atoms with Crippen molar-refractivity contribution >= 4 is 22.6 Å². The van der Waals surface area contributed by atoms with Gasteiger partial charge in [0.15, 0.2) is 11.4 Å². The Morgan fingerprint density at radius 1 is 1.32 bits per heavy atom. The van der Waals surface area contributed by atoms with Crippen LogP contribution in [0, 0.1) is 0 Å². The lowest BCUT2D eigenvalue weighted by Crippen LogP contribution is -2.43. The number of hydrogen-bond donors (Lipinski definition) is 2. The number of nitrogens with zero attached hydrogens (tertiary/aromatic N) is 1. The first-order valence-corrected chi connectivity index (χ1v) is 6.28. The number of piperazine rings is 1. The second-order valence-electron chi connectivity index (χ2n) is 4.68. The van der Waals surface area contributed by atoms with Crippen LogP contribution in [0.15, 0.2) is 21.3 Å². The van der Waals surface area contributed by atoms with Gasteiger partial charge in [0.05, 0.1) is 11.2 Å². The van der Waals surface area contributed by atoms with E-state index in [0.717, 1.165) is 31.9 Å². The number of ketones is 1. The number of fused-ring (bicyclic) bond motifs is 1. The van der Waals surface area contributed by atoms with Crippen molar-refractivity contribution in [2.75, 3.05) is 31.1 Å². The predicted octanol–water partition coefficient (Wildman–Crippen LogP) is 0.733. The average molecular weight is 261 g/mol. The van der Waals surface area contributed by atoms with Gasteiger partial charge in [-0.2, -0.15) is 0 Å². The third kappa shape index (κ3) is 2.15. The summed E-state index contributed by atoms with van der Waals surface area (Å²) in [6.45, 7) is 4.92. The van der Waals surface area contributed by atoms with Crippen molar-refractivity contribution in [2.45, 2.75) is 6.92 Å². The molecule has 0 spiro atoms. The number of H-pyrrole nitrogens is 1. The van der Waals surface area contributed by atoms with Crippen LogP contribution in [-0.2, 0) is 0 Å². The molecular weight excluding hydrogens is 246 g/mol. The van der Waals surface area contributed by atoms with Crippen LogP contribution in [0.1, 0.15) is 17.3 Å². The molecule has 2 N–H and O–H groups in total. The van der Waals surface area contributed by atoms with Gasteiger partial charge < -0.3 is 14.6 Å². The van der Waals surface area contributed by atoms with Crippen LogP contribution in [0.4, 0.5) is 5.69 Å². The summed E-state index contributed by atoms with van der Waals surface area (Å²) in [4.78, 5) is 27.7. The second kappa shape index (κ2) is 4.55. The van der Waals surface area contributed by atoms with E-state index in [0.29, 0.717) is 16.7 Å². The molecule has 1 fully saturated rings. The van der Waals surface area contributed by atoms with E-state index in [-0.39, 0.29) is 5.78 Å². The minimum atomic E-state index is -0.493.